The first-order chi connectivity index (χ1) is 14.6. The van der Waals surface area contributed by atoms with Crippen LogP contribution in [-0.2, 0) is 0 Å². The summed E-state index contributed by atoms with van der Waals surface area (Å²) in [5.41, 5.74) is 1.21. The van der Waals surface area contributed by atoms with Crippen LogP contribution in [0.25, 0.3) is 11.0 Å². The van der Waals surface area contributed by atoms with Gasteiger partial charge in [0.2, 0.25) is 0 Å². The molecule has 7 nitrogen and oxygen atoms in total. The van der Waals surface area contributed by atoms with E-state index in [0.29, 0.717) is 60.3 Å². The van der Waals surface area contributed by atoms with Crippen LogP contribution in [0.2, 0.25) is 0 Å². The number of unbranched alkanes of at least 4 members (excludes halogenated alkanes) is 1. The number of fused-ring (bicyclic) bond motifs is 1. The molecule has 1 saturated heterocycles. The molecule has 0 aliphatic carbocycles. The maximum absolute atomic E-state index is 14.4. The minimum atomic E-state index is -0.480. The standard InChI is InChI=1S/C21H23F2N5O2/c22-14-5-6-17(23)15(11-14)18-4-3-8-28(18)20-16-10-13(12-25-19(16)26-27-20)21(30)24-7-1-2-9-29/h5-6,10-12,18,29H,1-4,7-9H2,(H,24,30)(H,25,26,27)/t18-/m1/s1. The van der Waals surface area contributed by atoms with Crippen molar-refractivity contribution in [1.29, 1.82) is 0 Å². The van der Waals surface area contributed by atoms with E-state index >= 15 is 0 Å². The van der Waals surface area contributed by atoms with Gasteiger partial charge in [-0.05, 0) is 49.9 Å². The number of nitrogens with one attached hydrogen (secondary N) is 2. The number of anilines is 1. The molecule has 9 heteroatoms. The summed E-state index contributed by atoms with van der Waals surface area (Å²) >= 11 is 0. The fraction of sp³-hybridized carbons (Fsp3) is 0.381. The van der Waals surface area contributed by atoms with Gasteiger partial charge < -0.3 is 15.3 Å². The van der Waals surface area contributed by atoms with Crippen molar-refractivity contribution in [3.8, 4) is 0 Å². The van der Waals surface area contributed by atoms with Gasteiger partial charge in [-0.1, -0.05) is 0 Å². The molecule has 0 spiro atoms. The number of aromatic amines is 1. The summed E-state index contributed by atoms with van der Waals surface area (Å²) in [5.74, 6) is -0.622. The van der Waals surface area contributed by atoms with Crippen LogP contribution in [0.1, 0.15) is 47.6 Å². The summed E-state index contributed by atoms with van der Waals surface area (Å²) in [6.07, 6.45) is 4.26. The third kappa shape index (κ3) is 3.97. The normalized spacial score (nSPS) is 16.4. The number of aliphatic hydroxyl groups excluding tert-OH is 1. The van der Waals surface area contributed by atoms with E-state index in [1.54, 1.807) is 6.07 Å². The van der Waals surface area contributed by atoms with Crippen LogP contribution in [0, 0.1) is 11.6 Å². The number of hydrogen-bond donors (Lipinski definition) is 3. The molecule has 1 aliphatic heterocycles. The molecule has 1 fully saturated rings. The Kier molecular flexibility index (Phi) is 5.89. The predicted molar refractivity (Wildman–Crippen MR) is 108 cm³/mol. The van der Waals surface area contributed by atoms with Crippen molar-refractivity contribution in [1.82, 2.24) is 20.5 Å². The molecule has 0 saturated carbocycles. The zero-order chi connectivity index (χ0) is 21.1. The van der Waals surface area contributed by atoms with Crippen LogP contribution in [0.15, 0.2) is 30.5 Å². The number of pyridine rings is 1. The molecule has 158 valence electrons. The number of benzene rings is 1. The lowest BCUT2D eigenvalue weighted by Crippen LogP contribution is -2.25. The molecule has 0 unspecified atom stereocenters. The quantitative estimate of drug-likeness (QED) is 0.516. The predicted octanol–water partition coefficient (Wildman–Crippen LogP) is 3.08. The van der Waals surface area contributed by atoms with Crippen LogP contribution < -0.4 is 10.2 Å². The van der Waals surface area contributed by atoms with Gasteiger partial charge in [-0.15, -0.1) is 0 Å². The molecule has 0 radical (unpaired) electrons. The molecule has 0 bridgehead atoms. The lowest BCUT2D eigenvalue weighted by molar-refractivity contribution is 0.0952. The molecular weight excluding hydrogens is 392 g/mol. The summed E-state index contributed by atoms with van der Waals surface area (Å²) < 4.78 is 28.1. The van der Waals surface area contributed by atoms with Gasteiger partial charge in [0.25, 0.3) is 5.91 Å². The minimum Gasteiger partial charge on any atom is -0.396 e. The third-order valence-electron chi connectivity index (χ3n) is 5.37. The van der Waals surface area contributed by atoms with E-state index in [9.17, 15) is 13.6 Å². The zero-order valence-corrected chi connectivity index (χ0v) is 16.4. The van der Waals surface area contributed by atoms with Crippen LogP contribution in [0.3, 0.4) is 0 Å². The van der Waals surface area contributed by atoms with E-state index in [1.807, 2.05) is 4.90 Å². The molecule has 4 rings (SSSR count). The van der Waals surface area contributed by atoms with Gasteiger partial charge >= 0.3 is 0 Å². The number of amides is 1. The van der Waals surface area contributed by atoms with Crippen molar-refractivity contribution >= 4 is 22.8 Å². The first-order valence-corrected chi connectivity index (χ1v) is 10.0. The van der Waals surface area contributed by atoms with Gasteiger partial charge in [0, 0.05) is 31.5 Å². The van der Waals surface area contributed by atoms with Crippen molar-refractivity contribution in [2.75, 3.05) is 24.6 Å². The number of halogens is 2. The van der Waals surface area contributed by atoms with Crippen molar-refractivity contribution in [2.45, 2.75) is 31.7 Å². The van der Waals surface area contributed by atoms with Crippen molar-refractivity contribution < 1.29 is 18.7 Å². The Morgan fingerprint density at radius 3 is 3.00 bits per heavy atom. The van der Waals surface area contributed by atoms with Crippen molar-refractivity contribution in [3.63, 3.8) is 0 Å². The van der Waals surface area contributed by atoms with E-state index in [2.05, 4.69) is 20.5 Å². The van der Waals surface area contributed by atoms with Gasteiger partial charge in [-0.2, -0.15) is 5.10 Å². The largest absolute Gasteiger partial charge is 0.396 e. The number of carbonyl (C=O) groups is 1. The molecule has 3 aromatic rings. The van der Waals surface area contributed by atoms with Crippen molar-refractivity contribution in [3.05, 3.63) is 53.2 Å². The Bertz CT molecular complexity index is 1060. The maximum Gasteiger partial charge on any atom is 0.252 e. The molecule has 1 aliphatic rings. The summed E-state index contributed by atoms with van der Waals surface area (Å²) in [7, 11) is 0. The number of aromatic nitrogens is 3. The molecule has 3 heterocycles. The van der Waals surface area contributed by atoms with Gasteiger partial charge in [-0.3, -0.25) is 9.89 Å². The molecule has 3 N–H and O–H groups in total. The fourth-order valence-corrected chi connectivity index (χ4v) is 3.89. The lowest BCUT2D eigenvalue weighted by Gasteiger charge is -2.25. The van der Waals surface area contributed by atoms with E-state index < -0.39 is 11.6 Å². The van der Waals surface area contributed by atoms with E-state index in [1.165, 1.54) is 12.3 Å². The van der Waals surface area contributed by atoms with E-state index in [0.717, 1.165) is 18.6 Å². The third-order valence-corrected chi connectivity index (χ3v) is 5.37. The number of hydrogen-bond acceptors (Lipinski definition) is 5. The van der Waals surface area contributed by atoms with Gasteiger partial charge in [0.05, 0.1) is 17.0 Å². The average Bonchev–Trinajstić information content (AvgIpc) is 3.39. The Balaban J connectivity index is 1.62. The number of carbonyl (C=O) groups excluding carboxylic acids is 1. The second kappa shape index (κ2) is 8.74. The monoisotopic (exact) mass is 415 g/mol. The zero-order valence-electron chi connectivity index (χ0n) is 16.4. The summed E-state index contributed by atoms with van der Waals surface area (Å²) in [6, 6.07) is 4.85. The van der Waals surface area contributed by atoms with Crippen LogP contribution in [-0.4, -0.2) is 45.9 Å². The number of rotatable bonds is 7. The Hall–Kier alpha value is -3.07. The highest BCUT2D eigenvalue weighted by Gasteiger charge is 2.31. The van der Waals surface area contributed by atoms with Gasteiger partial charge in [0.1, 0.15) is 11.6 Å². The first kappa shape index (κ1) is 20.2. The molecule has 1 atom stereocenters. The number of H-pyrrole nitrogens is 1. The molecule has 1 amide bonds. The second-order valence-electron chi connectivity index (χ2n) is 7.37. The van der Waals surface area contributed by atoms with Gasteiger partial charge in [-0.25, -0.2) is 13.8 Å². The lowest BCUT2D eigenvalue weighted by atomic mass is 10.0. The molecular formula is C21H23F2N5O2. The molecule has 1 aromatic carbocycles. The first-order valence-electron chi connectivity index (χ1n) is 10.0. The highest BCUT2D eigenvalue weighted by atomic mass is 19.1. The maximum atomic E-state index is 14.4. The second-order valence-corrected chi connectivity index (χ2v) is 7.37. The Morgan fingerprint density at radius 2 is 2.17 bits per heavy atom. The Labute approximate surface area is 172 Å². The van der Waals surface area contributed by atoms with Crippen LogP contribution in [0.4, 0.5) is 14.6 Å². The molecule has 30 heavy (non-hydrogen) atoms. The fourth-order valence-electron chi connectivity index (χ4n) is 3.89. The highest BCUT2D eigenvalue weighted by molar-refractivity contribution is 5.99. The minimum absolute atomic E-state index is 0.0880. The van der Waals surface area contributed by atoms with E-state index in [-0.39, 0.29) is 18.6 Å². The van der Waals surface area contributed by atoms with Crippen molar-refractivity contribution in [2.24, 2.45) is 0 Å². The van der Waals surface area contributed by atoms with E-state index in [4.69, 9.17) is 5.11 Å². The summed E-state index contributed by atoms with van der Waals surface area (Å²) in [4.78, 5) is 18.6. The topological polar surface area (TPSA) is 94.1 Å². The number of aliphatic hydroxyl groups is 1. The van der Waals surface area contributed by atoms with Gasteiger partial charge in [0.15, 0.2) is 11.5 Å². The SMILES string of the molecule is O=C(NCCCCO)c1cnc2[nH]nc(N3CCC[C@@H]3c3cc(F)ccc3F)c2c1. The van der Waals surface area contributed by atoms with Crippen LogP contribution in [0.5, 0.6) is 0 Å². The highest BCUT2D eigenvalue weighted by Crippen LogP contribution is 2.39. The van der Waals surface area contributed by atoms with Crippen LogP contribution >= 0.6 is 0 Å². The summed E-state index contributed by atoms with van der Waals surface area (Å²) in [5, 5.41) is 19.5. The smallest absolute Gasteiger partial charge is 0.252 e. The average molecular weight is 415 g/mol. The number of nitrogens with zero attached hydrogens (tertiary/aromatic N) is 3. The molecule has 2 aromatic heterocycles. The Morgan fingerprint density at radius 1 is 1.30 bits per heavy atom. The summed E-state index contributed by atoms with van der Waals surface area (Å²) in [6.45, 7) is 1.19.